The van der Waals surface area contributed by atoms with Gasteiger partial charge in [0.25, 0.3) is 0 Å². The lowest BCUT2D eigenvalue weighted by Crippen LogP contribution is -2.15. The second-order valence-corrected chi connectivity index (χ2v) is 16.0. The summed E-state index contributed by atoms with van der Waals surface area (Å²) in [7, 11) is 0. The molecule has 0 saturated carbocycles. The predicted octanol–water partition coefficient (Wildman–Crippen LogP) is 12.2. The molecule has 11 rings (SSSR count). The van der Waals surface area contributed by atoms with Crippen LogP contribution >= 0.6 is 0 Å². The Morgan fingerprint density at radius 3 is 1.22 bits per heavy atom. The summed E-state index contributed by atoms with van der Waals surface area (Å²) in [4.78, 5) is 0. The van der Waals surface area contributed by atoms with Crippen molar-refractivity contribution in [3.8, 4) is 45.8 Å². The third kappa shape index (κ3) is 3.75. The Morgan fingerprint density at radius 2 is 0.778 bits per heavy atom. The summed E-state index contributed by atoms with van der Waals surface area (Å²) in [6.07, 6.45) is 0. The fourth-order valence-electron chi connectivity index (χ4n) is 9.97. The van der Waals surface area contributed by atoms with E-state index < -0.39 is 0 Å². The lowest BCUT2D eigenvalue weighted by molar-refractivity contribution is 0.660. The van der Waals surface area contributed by atoms with Crippen LogP contribution in [0.15, 0.2) is 133 Å². The number of para-hydroxylation sites is 2. The SMILES string of the molecule is CC1(C)c2ccccc2-c2cc3c4cc5c(cc4n(-c4cc(C#N)c(C#N)cc4-n4c6ccccc6c6ccccc64)c3cc21)C(C)(C)c1ccccc1-5. The highest BCUT2D eigenvalue weighted by molar-refractivity contribution is 6.15. The van der Waals surface area contributed by atoms with Crippen molar-refractivity contribution < 1.29 is 0 Å². The monoisotopic (exact) mass is 690 g/mol. The largest absolute Gasteiger partial charge is 0.307 e. The minimum Gasteiger partial charge on any atom is -0.307 e. The molecule has 7 aromatic carbocycles. The van der Waals surface area contributed by atoms with Crippen molar-refractivity contribution >= 4 is 43.6 Å². The Kier molecular flexibility index (Phi) is 5.90. The van der Waals surface area contributed by atoms with Crippen LogP contribution in [0.5, 0.6) is 0 Å². The molecule has 9 aromatic rings. The topological polar surface area (TPSA) is 57.4 Å². The molecule has 0 fully saturated rings. The predicted molar refractivity (Wildman–Crippen MR) is 220 cm³/mol. The standard InChI is InChI=1S/C50H34N4/c1-49(2)39-17-9-5-13-31(39)35-23-37-38-24-36-32-14-6-10-18-40(32)50(3,4)42(36)26-46(38)54(45(37)25-41(35)49)48-22-30(28-52)29(27-51)21-47(48)53-43-19-11-7-15-33(43)34-16-8-12-20-44(34)53/h5-26H,1-4H3. The van der Waals surface area contributed by atoms with Gasteiger partial charge in [0.05, 0.1) is 44.6 Å². The van der Waals surface area contributed by atoms with Crippen molar-refractivity contribution in [1.82, 2.24) is 9.13 Å². The number of nitrogens with zero attached hydrogens (tertiary/aromatic N) is 4. The maximum absolute atomic E-state index is 10.5. The highest BCUT2D eigenvalue weighted by Gasteiger charge is 2.39. The van der Waals surface area contributed by atoms with Crippen LogP contribution in [-0.2, 0) is 10.8 Å². The zero-order chi connectivity index (χ0) is 36.7. The van der Waals surface area contributed by atoms with E-state index in [1.165, 1.54) is 44.5 Å². The molecule has 54 heavy (non-hydrogen) atoms. The van der Waals surface area contributed by atoms with Crippen molar-refractivity contribution in [3.63, 3.8) is 0 Å². The molecule has 2 aliphatic carbocycles. The molecule has 2 aromatic heterocycles. The van der Waals surface area contributed by atoms with Crippen LogP contribution in [0.25, 0.3) is 77.2 Å². The molecule has 4 heteroatoms. The van der Waals surface area contributed by atoms with Gasteiger partial charge in [-0.2, -0.15) is 10.5 Å². The first kappa shape index (κ1) is 30.7. The van der Waals surface area contributed by atoms with Crippen LogP contribution in [0, 0.1) is 22.7 Å². The summed E-state index contributed by atoms with van der Waals surface area (Å²) in [5.74, 6) is 0. The van der Waals surface area contributed by atoms with Gasteiger partial charge in [0.2, 0.25) is 0 Å². The molecule has 0 unspecified atom stereocenters. The normalized spacial score (nSPS) is 14.6. The number of benzene rings is 7. The third-order valence-electron chi connectivity index (χ3n) is 12.6. The Hall–Kier alpha value is -6.88. The van der Waals surface area contributed by atoms with Gasteiger partial charge in [-0.05, 0) is 93.0 Å². The number of hydrogen-bond acceptors (Lipinski definition) is 2. The van der Waals surface area contributed by atoms with E-state index in [2.05, 4.69) is 170 Å². The van der Waals surface area contributed by atoms with E-state index in [0.29, 0.717) is 11.1 Å². The quantitative estimate of drug-likeness (QED) is 0.181. The smallest absolute Gasteiger partial charge is 0.101 e. The number of rotatable bonds is 2. The van der Waals surface area contributed by atoms with E-state index >= 15 is 0 Å². The molecule has 0 atom stereocenters. The molecule has 0 spiro atoms. The third-order valence-corrected chi connectivity index (χ3v) is 12.6. The van der Waals surface area contributed by atoms with E-state index in [9.17, 15) is 10.5 Å². The molecule has 0 N–H and O–H groups in total. The molecule has 2 aliphatic rings. The maximum Gasteiger partial charge on any atom is 0.101 e. The lowest BCUT2D eigenvalue weighted by Gasteiger charge is -2.23. The van der Waals surface area contributed by atoms with Gasteiger partial charge in [-0.1, -0.05) is 113 Å². The summed E-state index contributed by atoms with van der Waals surface area (Å²) in [6, 6.07) is 52.7. The van der Waals surface area contributed by atoms with Gasteiger partial charge in [-0.25, -0.2) is 0 Å². The average molecular weight is 691 g/mol. The Labute approximate surface area is 313 Å². The minimum absolute atomic E-state index is 0.206. The molecule has 0 radical (unpaired) electrons. The van der Waals surface area contributed by atoms with Crippen LogP contribution in [0.2, 0.25) is 0 Å². The minimum atomic E-state index is -0.206. The van der Waals surface area contributed by atoms with Crippen LogP contribution in [0.3, 0.4) is 0 Å². The highest BCUT2D eigenvalue weighted by atomic mass is 15.1. The summed E-state index contributed by atoms with van der Waals surface area (Å²) in [5, 5.41) is 25.6. The molecule has 0 amide bonds. The van der Waals surface area contributed by atoms with Gasteiger partial charge in [0.15, 0.2) is 0 Å². The van der Waals surface area contributed by atoms with Crippen LogP contribution in [0.1, 0.15) is 61.1 Å². The van der Waals surface area contributed by atoms with E-state index in [-0.39, 0.29) is 10.8 Å². The molecule has 4 nitrogen and oxygen atoms in total. The molecule has 2 heterocycles. The second-order valence-electron chi connectivity index (χ2n) is 16.0. The fourth-order valence-corrected chi connectivity index (χ4v) is 9.97. The molecule has 0 aliphatic heterocycles. The van der Waals surface area contributed by atoms with Gasteiger partial charge in [-0.3, -0.25) is 0 Å². The van der Waals surface area contributed by atoms with Crippen LogP contribution in [0.4, 0.5) is 0 Å². The molecule has 0 saturated heterocycles. The lowest BCUT2D eigenvalue weighted by atomic mass is 9.82. The van der Waals surface area contributed by atoms with Gasteiger partial charge in [-0.15, -0.1) is 0 Å². The van der Waals surface area contributed by atoms with Gasteiger partial charge < -0.3 is 9.13 Å². The Bertz CT molecular complexity index is 3070. The second kappa shape index (κ2) is 10.4. The first-order valence-corrected chi connectivity index (χ1v) is 18.6. The van der Waals surface area contributed by atoms with Gasteiger partial charge in [0, 0.05) is 32.4 Å². The van der Waals surface area contributed by atoms with Crippen molar-refractivity contribution in [3.05, 3.63) is 167 Å². The van der Waals surface area contributed by atoms with Crippen molar-refractivity contribution in [2.75, 3.05) is 0 Å². The van der Waals surface area contributed by atoms with Crippen molar-refractivity contribution in [2.24, 2.45) is 0 Å². The van der Waals surface area contributed by atoms with E-state index in [0.717, 1.165) is 55.0 Å². The summed E-state index contributed by atoms with van der Waals surface area (Å²) in [6.45, 7) is 9.29. The van der Waals surface area contributed by atoms with Crippen molar-refractivity contribution in [2.45, 2.75) is 38.5 Å². The van der Waals surface area contributed by atoms with Crippen LogP contribution in [-0.4, -0.2) is 9.13 Å². The zero-order valence-electron chi connectivity index (χ0n) is 30.5. The molecular weight excluding hydrogens is 657 g/mol. The molecular formula is C50H34N4. The average Bonchev–Trinajstić information content (AvgIpc) is 3.84. The zero-order valence-corrected chi connectivity index (χ0v) is 30.5. The molecule has 254 valence electrons. The number of nitriles is 2. The highest BCUT2D eigenvalue weighted by Crippen LogP contribution is 2.54. The first-order valence-electron chi connectivity index (χ1n) is 18.6. The summed E-state index contributed by atoms with van der Waals surface area (Å²) < 4.78 is 4.66. The van der Waals surface area contributed by atoms with Gasteiger partial charge >= 0.3 is 0 Å². The number of hydrogen-bond donors (Lipinski definition) is 0. The molecule has 0 bridgehead atoms. The number of aromatic nitrogens is 2. The van der Waals surface area contributed by atoms with Crippen molar-refractivity contribution in [1.29, 1.82) is 10.5 Å². The van der Waals surface area contributed by atoms with Crippen LogP contribution < -0.4 is 0 Å². The Morgan fingerprint density at radius 1 is 0.389 bits per heavy atom. The first-order chi connectivity index (χ1) is 26.2. The fraction of sp³-hybridized carbons (Fsp3) is 0.120. The summed E-state index contributed by atoms with van der Waals surface area (Å²) >= 11 is 0. The van der Waals surface area contributed by atoms with E-state index in [1.54, 1.807) is 0 Å². The van der Waals surface area contributed by atoms with E-state index in [1.807, 2.05) is 12.1 Å². The summed E-state index contributed by atoms with van der Waals surface area (Å²) in [5.41, 5.74) is 16.6. The number of fused-ring (bicyclic) bond motifs is 12. The van der Waals surface area contributed by atoms with Gasteiger partial charge in [0.1, 0.15) is 12.1 Å². The Balaban J connectivity index is 1.34. The van der Waals surface area contributed by atoms with E-state index in [4.69, 9.17) is 0 Å². The maximum atomic E-state index is 10.5.